The van der Waals surface area contributed by atoms with Crippen LogP contribution in [-0.4, -0.2) is 25.7 Å². The topological polar surface area (TPSA) is 92.7 Å². The Morgan fingerprint density at radius 3 is 2.65 bits per heavy atom. The molecule has 2 heterocycles. The van der Waals surface area contributed by atoms with E-state index in [1.54, 1.807) is 19.9 Å². The maximum absolute atomic E-state index is 12.4. The van der Waals surface area contributed by atoms with Gasteiger partial charge in [0.15, 0.2) is 0 Å². The third kappa shape index (κ3) is 3.72. The predicted molar refractivity (Wildman–Crippen MR) is 99.7 cm³/mol. The highest BCUT2D eigenvalue weighted by Gasteiger charge is 2.14. The molecule has 26 heavy (non-hydrogen) atoms. The largest absolute Gasteiger partial charge is 0.310 e. The van der Waals surface area contributed by atoms with Crippen molar-refractivity contribution in [2.75, 3.05) is 5.32 Å². The van der Waals surface area contributed by atoms with Crippen LogP contribution in [0.4, 0.5) is 5.82 Å². The van der Waals surface area contributed by atoms with Gasteiger partial charge in [-0.1, -0.05) is 29.8 Å². The lowest BCUT2D eigenvalue weighted by atomic mass is 10.1. The van der Waals surface area contributed by atoms with Crippen LogP contribution in [0.25, 0.3) is 5.95 Å². The number of aryl methyl sites for hydroxylation is 3. The standard InChI is InChI=1S/C19H21N5O2/c1-11-6-5-7-15(8-11)10-17(25)21-16-9-12(2)23-24(16)19-20-14(4)13(3)18(26)22-19/h5-9H,10H2,1-4H3,(H,21,25)(H,20,22,26). The van der Waals surface area contributed by atoms with Crippen LogP contribution in [0.15, 0.2) is 35.1 Å². The molecule has 0 aliphatic carbocycles. The fourth-order valence-corrected chi connectivity index (χ4v) is 2.68. The van der Waals surface area contributed by atoms with Crippen molar-refractivity contribution >= 4 is 11.7 Å². The summed E-state index contributed by atoms with van der Waals surface area (Å²) in [5.74, 6) is 0.576. The van der Waals surface area contributed by atoms with Crippen LogP contribution in [0.3, 0.4) is 0 Å². The number of nitrogens with zero attached hydrogens (tertiary/aromatic N) is 3. The highest BCUT2D eigenvalue weighted by Crippen LogP contribution is 2.15. The smallest absolute Gasteiger partial charge is 0.255 e. The molecule has 2 aromatic heterocycles. The van der Waals surface area contributed by atoms with E-state index in [2.05, 4.69) is 20.4 Å². The monoisotopic (exact) mass is 351 g/mol. The molecule has 0 atom stereocenters. The molecule has 1 aromatic carbocycles. The molecule has 0 radical (unpaired) electrons. The molecule has 7 heteroatoms. The second-order valence-corrected chi connectivity index (χ2v) is 6.40. The predicted octanol–water partition coefficient (Wildman–Crippen LogP) is 2.37. The van der Waals surface area contributed by atoms with Gasteiger partial charge >= 0.3 is 0 Å². The van der Waals surface area contributed by atoms with E-state index in [1.807, 2.05) is 38.1 Å². The van der Waals surface area contributed by atoms with Gasteiger partial charge in [-0.3, -0.25) is 14.6 Å². The molecule has 0 spiro atoms. The lowest BCUT2D eigenvalue weighted by Crippen LogP contribution is -2.21. The Labute approximate surface area is 151 Å². The highest BCUT2D eigenvalue weighted by molar-refractivity contribution is 5.91. The molecular formula is C19H21N5O2. The van der Waals surface area contributed by atoms with E-state index in [0.717, 1.165) is 11.1 Å². The number of carbonyl (C=O) groups excluding carboxylic acids is 1. The Bertz CT molecular complexity index is 1030. The fraction of sp³-hybridized carbons (Fsp3) is 0.263. The Balaban J connectivity index is 1.88. The van der Waals surface area contributed by atoms with Gasteiger partial charge in [-0.15, -0.1) is 0 Å². The maximum Gasteiger partial charge on any atom is 0.255 e. The summed E-state index contributed by atoms with van der Waals surface area (Å²) in [6.07, 6.45) is 0.253. The minimum absolute atomic E-state index is 0.164. The number of hydrogen-bond donors (Lipinski definition) is 2. The Hall–Kier alpha value is -3.22. The van der Waals surface area contributed by atoms with Gasteiger partial charge in [-0.05, 0) is 33.3 Å². The fourth-order valence-electron chi connectivity index (χ4n) is 2.68. The lowest BCUT2D eigenvalue weighted by molar-refractivity contribution is -0.115. The van der Waals surface area contributed by atoms with E-state index in [-0.39, 0.29) is 23.8 Å². The highest BCUT2D eigenvalue weighted by atomic mass is 16.1. The van der Waals surface area contributed by atoms with Gasteiger partial charge in [-0.25, -0.2) is 4.98 Å². The van der Waals surface area contributed by atoms with E-state index in [1.165, 1.54) is 4.68 Å². The van der Waals surface area contributed by atoms with E-state index >= 15 is 0 Å². The second-order valence-electron chi connectivity index (χ2n) is 6.40. The van der Waals surface area contributed by atoms with Crippen LogP contribution in [0.1, 0.15) is 28.1 Å². The number of anilines is 1. The molecule has 0 aliphatic heterocycles. The SMILES string of the molecule is Cc1cccc(CC(=O)Nc2cc(C)nn2-c2nc(C)c(C)c(=O)[nH]2)c1. The molecule has 3 aromatic rings. The maximum atomic E-state index is 12.4. The minimum Gasteiger partial charge on any atom is -0.310 e. The summed E-state index contributed by atoms with van der Waals surface area (Å²) in [5, 5.41) is 7.19. The van der Waals surface area contributed by atoms with Crippen molar-refractivity contribution in [1.82, 2.24) is 19.7 Å². The average Bonchev–Trinajstić information content (AvgIpc) is 2.92. The molecule has 0 bridgehead atoms. The number of nitrogens with one attached hydrogen (secondary N) is 2. The normalized spacial score (nSPS) is 10.8. The third-order valence-electron chi connectivity index (χ3n) is 4.13. The van der Waals surface area contributed by atoms with Crippen molar-refractivity contribution in [1.29, 1.82) is 0 Å². The molecule has 7 nitrogen and oxygen atoms in total. The first-order valence-electron chi connectivity index (χ1n) is 8.33. The molecule has 0 saturated carbocycles. The molecule has 3 rings (SSSR count). The second kappa shape index (κ2) is 6.95. The minimum atomic E-state index is -0.224. The molecule has 0 aliphatic rings. The van der Waals surface area contributed by atoms with Gasteiger partial charge in [0.05, 0.1) is 12.1 Å². The molecule has 0 unspecified atom stereocenters. The van der Waals surface area contributed by atoms with E-state index in [9.17, 15) is 9.59 Å². The van der Waals surface area contributed by atoms with Crippen LogP contribution in [0, 0.1) is 27.7 Å². The van der Waals surface area contributed by atoms with Crippen molar-refractivity contribution in [3.63, 3.8) is 0 Å². The number of aromatic amines is 1. The Morgan fingerprint density at radius 2 is 1.96 bits per heavy atom. The zero-order chi connectivity index (χ0) is 18.8. The van der Waals surface area contributed by atoms with Gasteiger partial charge in [0.25, 0.3) is 5.56 Å². The Kier molecular flexibility index (Phi) is 4.71. The van der Waals surface area contributed by atoms with Crippen molar-refractivity contribution < 1.29 is 4.79 Å². The number of amides is 1. The first-order chi connectivity index (χ1) is 12.3. The van der Waals surface area contributed by atoms with Crippen molar-refractivity contribution in [2.24, 2.45) is 0 Å². The van der Waals surface area contributed by atoms with Crippen LogP contribution in [0.2, 0.25) is 0 Å². The van der Waals surface area contributed by atoms with Crippen LogP contribution >= 0.6 is 0 Å². The quantitative estimate of drug-likeness (QED) is 0.755. The number of H-pyrrole nitrogens is 1. The van der Waals surface area contributed by atoms with Crippen molar-refractivity contribution in [3.8, 4) is 5.95 Å². The van der Waals surface area contributed by atoms with Crippen molar-refractivity contribution in [2.45, 2.75) is 34.1 Å². The summed E-state index contributed by atoms with van der Waals surface area (Å²) in [6.45, 7) is 7.28. The molecular weight excluding hydrogens is 330 g/mol. The summed E-state index contributed by atoms with van der Waals surface area (Å²) in [4.78, 5) is 31.5. The van der Waals surface area contributed by atoms with Crippen LogP contribution < -0.4 is 10.9 Å². The van der Waals surface area contributed by atoms with E-state index in [4.69, 9.17) is 0 Å². The number of rotatable bonds is 4. The summed E-state index contributed by atoms with van der Waals surface area (Å²) in [7, 11) is 0. The Morgan fingerprint density at radius 1 is 1.19 bits per heavy atom. The summed E-state index contributed by atoms with van der Waals surface area (Å²) in [6, 6.07) is 9.54. The molecule has 0 fully saturated rings. The molecule has 134 valence electrons. The lowest BCUT2D eigenvalue weighted by Gasteiger charge is -2.09. The van der Waals surface area contributed by atoms with Gasteiger partial charge in [-0.2, -0.15) is 9.78 Å². The third-order valence-corrected chi connectivity index (χ3v) is 4.13. The van der Waals surface area contributed by atoms with E-state index < -0.39 is 0 Å². The summed E-state index contributed by atoms with van der Waals surface area (Å²) >= 11 is 0. The number of aromatic nitrogens is 4. The molecule has 0 saturated heterocycles. The average molecular weight is 351 g/mol. The zero-order valence-corrected chi connectivity index (χ0v) is 15.3. The summed E-state index contributed by atoms with van der Waals surface area (Å²) in [5.41, 5.74) is 3.70. The first kappa shape index (κ1) is 17.6. The van der Waals surface area contributed by atoms with Crippen LogP contribution in [0.5, 0.6) is 0 Å². The molecule has 1 amide bonds. The van der Waals surface area contributed by atoms with Crippen LogP contribution in [-0.2, 0) is 11.2 Å². The number of carbonyl (C=O) groups is 1. The molecule has 2 N–H and O–H groups in total. The van der Waals surface area contributed by atoms with Gasteiger partial charge in [0, 0.05) is 17.3 Å². The summed E-state index contributed by atoms with van der Waals surface area (Å²) < 4.78 is 1.44. The zero-order valence-electron chi connectivity index (χ0n) is 15.3. The number of benzene rings is 1. The number of hydrogen-bond acceptors (Lipinski definition) is 4. The van der Waals surface area contributed by atoms with Gasteiger partial charge in [0.1, 0.15) is 5.82 Å². The van der Waals surface area contributed by atoms with Gasteiger partial charge in [0.2, 0.25) is 11.9 Å². The van der Waals surface area contributed by atoms with Crippen molar-refractivity contribution in [3.05, 3.63) is 68.8 Å². The van der Waals surface area contributed by atoms with Gasteiger partial charge < -0.3 is 5.32 Å². The first-order valence-corrected chi connectivity index (χ1v) is 8.33. The van der Waals surface area contributed by atoms with E-state index in [0.29, 0.717) is 22.8 Å².